The average Bonchev–Trinajstić information content (AvgIpc) is 3.53. The molecule has 8 nitrogen and oxygen atoms in total. The number of likely N-dealkylation sites (tertiary alicyclic amines) is 1. The van der Waals surface area contributed by atoms with Gasteiger partial charge >= 0.3 is 6.09 Å². The molecule has 2 aromatic rings. The molecule has 1 aromatic heterocycles. The molecule has 0 spiro atoms. The minimum atomic E-state index is -0.289. The third-order valence-corrected chi connectivity index (χ3v) is 7.13. The summed E-state index contributed by atoms with van der Waals surface area (Å²) in [4.78, 5) is 18.9. The molecule has 2 atom stereocenters. The molecule has 1 aromatic carbocycles. The molecule has 5 rings (SSSR count). The minimum absolute atomic E-state index is 0.0397. The maximum Gasteiger partial charge on any atom is 0.410 e. The molecule has 2 unspecified atom stereocenters. The van der Waals surface area contributed by atoms with E-state index >= 15 is 0 Å². The van der Waals surface area contributed by atoms with Gasteiger partial charge in [0, 0.05) is 42.4 Å². The van der Waals surface area contributed by atoms with Crippen molar-refractivity contribution in [2.75, 3.05) is 31.6 Å². The van der Waals surface area contributed by atoms with E-state index in [0.29, 0.717) is 48.5 Å². The molecule has 3 aliphatic rings. The van der Waals surface area contributed by atoms with Crippen molar-refractivity contribution in [1.29, 1.82) is 5.26 Å². The van der Waals surface area contributed by atoms with Crippen LogP contribution in [0.4, 0.5) is 16.2 Å². The van der Waals surface area contributed by atoms with E-state index in [1.54, 1.807) is 29.3 Å². The smallest absolute Gasteiger partial charge is 0.410 e. The summed E-state index contributed by atoms with van der Waals surface area (Å²) in [5.74, 6) is 0.619. The van der Waals surface area contributed by atoms with Crippen LogP contribution in [0, 0.1) is 30.1 Å². The normalized spacial score (nSPS) is 24.6. The number of aromatic nitrogens is 1. The first kappa shape index (κ1) is 22.8. The molecule has 1 aliphatic carbocycles. The number of carbonyl (C=O) groups excluding carboxylic acids is 1. The number of rotatable bonds is 5. The summed E-state index contributed by atoms with van der Waals surface area (Å²) < 4.78 is 17.9. The van der Waals surface area contributed by atoms with Crippen LogP contribution in [-0.4, -0.2) is 54.0 Å². The topological polar surface area (TPSA) is 96.7 Å². The summed E-state index contributed by atoms with van der Waals surface area (Å²) in [6.07, 6.45) is 3.20. The van der Waals surface area contributed by atoms with Gasteiger partial charge in [0.2, 0.25) is 5.88 Å². The first-order valence-corrected chi connectivity index (χ1v) is 11.9. The Bertz CT molecular complexity index is 1130. The number of ether oxygens (including phenoxy) is 3. The zero-order valence-corrected chi connectivity index (χ0v) is 20.0. The van der Waals surface area contributed by atoms with Crippen LogP contribution < -0.4 is 10.1 Å². The standard InChI is InChI=1S/C25H27ClN4O4/c1-15-20(29-21-4-3-16(10-27)9-19(21)26)5-8-28-23(15)33-22-17-11-30(12-18(22)14-32-13-17)24(31)34-25(2)6-7-25/h3-5,8-9,17-18,22H,6-7,11-14H2,1-2H3,(H,28,29). The van der Waals surface area contributed by atoms with Crippen LogP contribution >= 0.6 is 11.6 Å². The van der Waals surface area contributed by atoms with Gasteiger partial charge in [-0.1, -0.05) is 11.6 Å². The number of pyridine rings is 1. The van der Waals surface area contributed by atoms with Crippen LogP contribution in [0.2, 0.25) is 5.02 Å². The van der Waals surface area contributed by atoms with Crippen LogP contribution in [0.15, 0.2) is 30.5 Å². The fourth-order valence-electron chi connectivity index (χ4n) is 4.52. The molecule has 2 bridgehead atoms. The Kier molecular flexibility index (Phi) is 6.00. The molecule has 3 fully saturated rings. The van der Waals surface area contributed by atoms with Crippen LogP contribution in [0.25, 0.3) is 0 Å². The Balaban J connectivity index is 1.30. The third-order valence-electron chi connectivity index (χ3n) is 6.82. The second kappa shape index (κ2) is 8.97. The maximum absolute atomic E-state index is 12.7. The minimum Gasteiger partial charge on any atom is -0.473 e. The van der Waals surface area contributed by atoms with Gasteiger partial charge in [-0.2, -0.15) is 5.26 Å². The highest BCUT2D eigenvalue weighted by molar-refractivity contribution is 6.33. The molecule has 1 amide bonds. The van der Waals surface area contributed by atoms with Gasteiger partial charge in [0.1, 0.15) is 11.7 Å². The Labute approximate surface area is 203 Å². The molecule has 9 heteroatoms. The SMILES string of the molecule is Cc1c(Nc2ccc(C#N)cc2Cl)ccnc1OC1C2COCC1CN(C(=O)OC1(C)CC1)C2. The highest BCUT2D eigenvalue weighted by Gasteiger charge is 2.47. The summed E-state index contributed by atoms with van der Waals surface area (Å²) in [5, 5.41) is 12.8. The molecular weight excluding hydrogens is 456 g/mol. The molecule has 34 heavy (non-hydrogen) atoms. The lowest BCUT2D eigenvalue weighted by atomic mass is 9.84. The number of hydrogen-bond donors (Lipinski definition) is 1. The van der Waals surface area contributed by atoms with Crippen molar-refractivity contribution in [3.63, 3.8) is 0 Å². The average molecular weight is 483 g/mol. The van der Waals surface area contributed by atoms with E-state index < -0.39 is 0 Å². The predicted molar refractivity (Wildman–Crippen MR) is 126 cm³/mol. The Morgan fingerprint density at radius 3 is 2.65 bits per heavy atom. The van der Waals surface area contributed by atoms with Crippen LogP contribution in [0.3, 0.4) is 0 Å². The molecular formula is C25H27ClN4O4. The van der Waals surface area contributed by atoms with Crippen molar-refractivity contribution in [3.05, 3.63) is 46.6 Å². The zero-order valence-electron chi connectivity index (χ0n) is 19.2. The van der Waals surface area contributed by atoms with Crippen LogP contribution in [0.5, 0.6) is 5.88 Å². The van der Waals surface area contributed by atoms with Gasteiger partial charge < -0.3 is 24.4 Å². The third kappa shape index (κ3) is 4.63. The van der Waals surface area contributed by atoms with E-state index in [2.05, 4.69) is 16.4 Å². The van der Waals surface area contributed by atoms with E-state index in [4.69, 9.17) is 31.1 Å². The summed E-state index contributed by atoms with van der Waals surface area (Å²) in [5.41, 5.74) is 2.58. The monoisotopic (exact) mass is 482 g/mol. The van der Waals surface area contributed by atoms with E-state index in [1.165, 1.54) is 0 Å². The van der Waals surface area contributed by atoms with Gasteiger partial charge in [0.25, 0.3) is 0 Å². The molecule has 1 N–H and O–H groups in total. The number of halogens is 1. The molecule has 2 aliphatic heterocycles. The van der Waals surface area contributed by atoms with Crippen LogP contribution in [0.1, 0.15) is 30.9 Å². The lowest BCUT2D eigenvalue weighted by Gasteiger charge is -2.46. The van der Waals surface area contributed by atoms with Gasteiger partial charge in [0.05, 0.1) is 35.6 Å². The number of fused-ring (bicyclic) bond motifs is 2. The number of benzene rings is 1. The summed E-state index contributed by atoms with van der Waals surface area (Å²) in [6.45, 7) is 6.05. The van der Waals surface area contributed by atoms with E-state index in [0.717, 1.165) is 24.1 Å². The van der Waals surface area contributed by atoms with Gasteiger partial charge in [-0.15, -0.1) is 0 Å². The number of nitrogens with zero attached hydrogens (tertiary/aromatic N) is 3. The van der Waals surface area contributed by atoms with Gasteiger partial charge in [-0.25, -0.2) is 9.78 Å². The van der Waals surface area contributed by atoms with E-state index in [9.17, 15) is 4.79 Å². The number of nitrogens with one attached hydrogen (secondary N) is 1. The summed E-state index contributed by atoms with van der Waals surface area (Å²) in [6, 6.07) is 9.06. The lowest BCUT2D eigenvalue weighted by Crippen LogP contribution is -2.59. The Morgan fingerprint density at radius 2 is 2.00 bits per heavy atom. The molecule has 178 valence electrons. The largest absolute Gasteiger partial charge is 0.473 e. The fourth-order valence-corrected chi connectivity index (χ4v) is 4.75. The number of carbonyl (C=O) groups is 1. The number of amides is 1. The molecule has 1 saturated carbocycles. The van der Waals surface area contributed by atoms with Crippen molar-refractivity contribution >= 4 is 29.1 Å². The summed E-state index contributed by atoms with van der Waals surface area (Å²) in [7, 11) is 0. The van der Waals surface area contributed by atoms with E-state index in [1.807, 2.05) is 19.9 Å². The Hall–Kier alpha value is -3.02. The predicted octanol–water partition coefficient (Wildman–Crippen LogP) is 4.67. The van der Waals surface area contributed by atoms with Crippen molar-refractivity contribution < 1.29 is 19.0 Å². The van der Waals surface area contributed by atoms with Crippen molar-refractivity contribution in [2.45, 2.75) is 38.4 Å². The second-order valence-electron chi connectivity index (χ2n) is 9.58. The molecule has 2 saturated heterocycles. The van der Waals surface area contributed by atoms with Gasteiger partial charge in [-0.3, -0.25) is 0 Å². The molecule has 3 heterocycles. The zero-order chi connectivity index (χ0) is 23.9. The van der Waals surface area contributed by atoms with Gasteiger partial charge in [-0.05, 0) is 51.0 Å². The van der Waals surface area contributed by atoms with Crippen molar-refractivity contribution in [1.82, 2.24) is 9.88 Å². The first-order chi connectivity index (χ1) is 16.3. The van der Waals surface area contributed by atoms with Crippen molar-refractivity contribution in [3.8, 4) is 11.9 Å². The highest BCUT2D eigenvalue weighted by atomic mass is 35.5. The maximum atomic E-state index is 12.7. The number of hydrogen-bond acceptors (Lipinski definition) is 7. The number of anilines is 2. The highest BCUT2D eigenvalue weighted by Crippen LogP contribution is 2.40. The first-order valence-electron chi connectivity index (χ1n) is 11.5. The number of piperidine rings is 1. The fraction of sp³-hybridized carbons (Fsp3) is 0.480. The van der Waals surface area contributed by atoms with Crippen molar-refractivity contribution in [2.24, 2.45) is 11.8 Å². The second-order valence-corrected chi connectivity index (χ2v) is 9.99. The lowest BCUT2D eigenvalue weighted by molar-refractivity contribution is -0.111. The number of nitriles is 1. The Morgan fingerprint density at radius 1 is 1.26 bits per heavy atom. The van der Waals surface area contributed by atoms with E-state index in [-0.39, 0.29) is 29.6 Å². The summed E-state index contributed by atoms with van der Waals surface area (Å²) >= 11 is 6.34. The quantitative estimate of drug-likeness (QED) is 0.661. The van der Waals surface area contributed by atoms with Crippen LogP contribution in [-0.2, 0) is 9.47 Å². The van der Waals surface area contributed by atoms with Gasteiger partial charge in [0.15, 0.2) is 0 Å². The molecule has 0 radical (unpaired) electrons.